The van der Waals surface area contributed by atoms with Gasteiger partial charge in [0.25, 0.3) is 0 Å². The summed E-state index contributed by atoms with van der Waals surface area (Å²) in [6.07, 6.45) is 0. The number of nitrogens with one attached hydrogen (secondary N) is 1. The van der Waals surface area contributed by atoms with Gasteiger partial charge in [0, 0.05) is 13.6 Å². The lowest BCUT2D eigenvalue weighted by Crippen LogP contribution is -2.26. The molecule has 0 aliphatic carbocycles. The lowest BCUT2D eigenvalue weighted by Gasteiger charge is -2.21. The van der Waals surface area contributed by atoms with Crippen LogP contribution in [0.4, 0.5) is 5.69 Å². The van der Waals surface area contributed by atoms with Crippen molar-refractivity contribution in [2.45, 2.75) is 13.5 Å². The molecule has 1 aromatic carbocycles. The van der Waals surface area contributed by atoms with Gasteiger partial charge in [-0.05, 0) is 24.6 Å². The smallest absolute Gasteiger partial charge is 0.323 e. The fraction of sp³-hybridized carbons (Fsp3) is 0.429. The van der Waals surface area contributed by atoms with E-state index < -0.39 is 11.9 Å². The third-order valence-electron chi connectivity index (χ3n) is 2.71. The molecule has 0 aliphatic heterocycles. The Bertz CT molecular complexity index is 504. The monoisotopic (exact) mass is 296 g/mol. The van der Waals surface area contributed by atoms with Gasteiger partial charge in [-0.15, -0.1) is 0 Å². The number of carboxylic acids is 2. The molecule has 0 bridgehead atoms. The maximum absolute atomic E-state index is 10.8. The minimum Gasteiger partial charge on any atom is -0.492 e. The number of nitrogens with zero attached hydrogens (tertiary/aromatic N) is 1. The van der Waals surface area contributed by atoms with Crippen LogP contribution in [0.1, 0.15) is 12.5 Å². The fourth-order valence-corrected chi connectivity index (χ4v) is 1.86. The number of aliphatic carboxylic acids is 2. The van der Waals surface area contributed by atoms with Crippen LogP contribution in [-0.2, 0) is 16.1 Å². The van der Waals surface area contributed by atoms with Gasteiger partial charge in [-0.3, -0.25) is 9.59 Å². The van der Waals surface area contributed by atoms with Crippen molar-refractivity contribution in [1.29, 1.82) is 0 Å². The molecule has 7 nitrogen and oxygen atoms in total. The molecular weight excluding hydrogens is 276 g/mol. The van der Waals surface area contributed by atoms with E-state index in [-0.39, 0.29) is 13.1 Å². The summed E-state index contributed by atoms with van der Waals surface area (Å²) in [6, 6.07) is 5.36. The van der Waals surface area contributed by atoms with Crippen molar-refractivity contribution in [3.8, 4) is 5.75 Å². The Morgan fingerprint density at radius 1 is 1.29 bits per heavy atom. The van der Waals surface area contributed by atoms with Crippen LogP contribution in [0.2, 0.25) is 0 Å². The zero-order valence-corrected chi connectivity index (χ0v) is 12.1. The van der Waals surface area contributed by atoms with E-state index in [1.807, 2.05) is 13.0 Å². The summed E-state index contributed by atoms with van der Waals surface area (Å²) in [4.78, 5) is 22.8. The molecular formula is C14H20N2O5. The van der Waals surface area contributed by atoms with E-state index in [1.165, 1.54) is 0 Å². The first-order chi connectivity index (χ1) is 9.93. The number of carboxylic acid groups (broad SMARTS) is 2. The second kappa shape index (κ2) is 8.11. The first kappa shape index (κ1) is 16.8. The first-order valence-electron chi connectivity index (χ1n) is 6.55. The maximum Gasteiger partial charge on any atom is 0.323 e. The fourth-order valence-electron chi connectivity index (χ4n) is 1.86. The molecule has 3 N–H and O–H groups in total. The average molecular weight is 296 g/mol. The number of hydrogen-bond acceptors (Lipinski definition) is 5. The number of ether oxygens (including phenoxy) is 1. The highest BCUT2D eigenvalue weighted by Gasteiger charge is 2.12. The summed E-state index contributed by atoms with van der Waals surface area (Å²) in [6.45, 7) is 2.45. The van der Waals surface area contributed by atoms with Gasteiger partial charge in [0.05, 0.1) is 18.8 Å². The van der Waals surface area contributed by atoms with Gasteiger partial charge in [0.2, 0.25) is 0 Å². The minimum absolute atomic E-state index is 0.120. The highest BCUT2D eigenvalue weighted by molar-refractivity contribution is 5.75. The molecule has 0 heterocycles. The Labute approximate surface area is 123 Å². The standard InChI is InChI=1S/C14H20N2O5/c1-3-21-12-6-10(7-15-8-13(17)18)4-5-11(12)16(2)9-14(19)20/h4-6,15H,3,7-9H2,1-2H3,(H,17,18)(H,19,20). The third-order valence-corrected chi connectivity index (χ3v) is 2.71. The van der Waals surface area contributed by atoms with Crippen molar-refractivity contribution in [2.75, 3.05) is 31.6 Å². The Morgan fingerprint density at radius 2 is 2.00 bits per heavy atom. The van der Waals surface area contributed by atoms with E-state index >= 15 is 0 Å². The van der Waals surface area contributed by atoms with Crippen molar-refractivity contribution in [3.63, 3.8) is 0 Å². The predicted octanol–water partition coefficient (Wildman–Crippen LogP) is 0.780. The third kappa shape index (κ3) is 5.70. The average Bonchev–Trinajstić information content (AvgIpc) is 2.38. The van der Waals surface area contributed by atoms with Crippen molar-refractivity contribution in [3.05, 3.63) is 23.8 Å². The van der Waals surface area contributed by atoms with Gasteiger partial charge < -0.3 is 25.2 Å². The molecule has 7 heteroatoms. The topological polar surface area (TPSA) is 99.1 Å². The Balaban J connectivity index is 2.85. The second-order valence-electron chi connectivity index (χ2n) is 4.48. The molecule has 0 amide bonds. The van der Waals surface area contributed by atoms with Crippen LogP contribution in [0.5, 0.6) is 5.75 Å². The number of rotatable bonds is 9. The molecule has 21 heavy (non-hydrogen) atoms. The zero-order valence-electron chi connectivity index (χ0n) is 12.1. The normalized spacial score (nSPS) is 10.2. The van der Waals surface area contributed by atoms with Crippen molar-refractivity contribution in [2.24, 2.45) is 0 Å². The SMILES string of the molecule is CCOc1cc(CNCC(=O)O)ccc1N(C)CC(=O)O. The molecule has 0 unspecified atom stereocenters. The largest absolute Gasteiger partial charge is 0.492 e. The van der Waals surface area contributed by atoms with E-state index in [0.717, 1.165) is 5.56 Å². The molecule has 0 radical (unpaired) electrons. The summed E-state index contributed by atoms with van der Waals surface area (Å²) < 4.78 is 5.53. The molecule has 116 valence electrons. The van der Waals surface area contributed by atoms with Crippen LogP contribution in [0.25, 0.3) is 0 Å². The molecule has 0 atom stereocenters. The van der Waals surface area contributed by atoms with Crippen molar-refractivity contribution >= 4 is 17.6 Å². The summed E-state index contributed by atoms with van der Waals surface area (Å²) >= 11 is 0. The highest BCUT2D eigenvalue weighted by Crippen LogP contribution is 2.28. The molecule has 1 aromatic rings. The van der Waals surface area contributed by atoms with Crippen molar-refractivity contribution < 1.29 is 24.5 Å². The minimum atomic E-state index is -0.924. The Morgan fingerprint density at radius 3 is 2.57 bits per heavy atom. The number of carbonyl (C=O) groups is 2. The lowest BCUT2D eigenvalue weighted by atomic mass is 10.1. The Hall–Kier alpha value is -2.28. The van der Waals surface area contributed by atoms with E-state index in [4.69, 9.17) is 14.9 Å². The molecule has 0 saturated carbocycles. The maximum atomic E-state index is 10.8. The number of anilines is 1. The Kier molecular flexibility index (Phi) is 6.48. The van der Waals surface area contributed by atoms with Gasteiger partial charge in [0.1, 0.15) is 12.3 Å². The van der Waals surface area contributed by atoms with E-state index in [9.17, 15) is 9.59 Å². The van der Waals surface area contributed by atoms with Gasteiger partial charge in [0.15, 0.2) is 0 Å². The van der Waals surface area contributed by atoms with Gasteiger partial charge in [-0.2, -0.15) is 0 Å². The summed E-state index contributed by atoms with van der Waals surface area (Å²) in [7, 11) is 1.67. The number of likely N-dealkylation sites (N-methyl/N-ethyl adjacent to an activating group) is 1. The molecule has 0 spiro atoms. The van der Waals surface area contributed by atoms with Gasteiger partial charge in [-0.25, -0.2) is 0 Å². The molecule has 0 fully saturated rings. The van der Waals surface area contributed by atoms with Crippen LogP contribution in [-0.4, -0.2) is 48.9 Å². The number of benzene rings is 1. The lowest BCUT2D eigenvalue weighted by molar-refractivity contribution is -0.136. The van der Waals surface area contributed by atoms with E-state index in [0.29, 0.717) is 24.6 Å². The van der Waals surface area contributed by atoms with Crippen LogP contribution in [0.3, 0.4) is 0 Å². The van der Waals surface area contributed by atoms with Crippen LogP contribution in [0, 0.1) is 0 Å². The second-order valence-corrected chi connectivity index (χ2v) is 4.48. The molecule has 0 saturated heterocycles. The molecule has 0 aliphatic rings. The van der Waals surface area contributed by atoms with E-state index in [1.54, 1.807) is 24.1 Å². The molecule has 1 rings (SSSR count). The summed E-state index contributed by atoms with van der Waals surface area (Å²) in [5, 5.41) is 20.2. The summed E-state index contributed by atoms with van der Waals surface area (Å²) in [5.74, 6) is -1.26. The number of hydrogen-bond donors (Lipinski definition) is 3. The van der Waals surface area contributed by atoms with Crippen molar-refractivity contribution in [1.82, 2.24) is 5.32 Å². The van der Waals surface area contributed by atoms with E-state index in [2.05, 4.69) is 5.32 Å². The summed E-state index contributed by atoms with van der Waals surface area (Å²) in [5.41, 5.74) is 1.55. The molecule has 0 aromatic heterocycles. The highest BCUT2D eigenvalue weighted by atomic mass is 16.5. The van der Waals surface area contributed by atoms with Gasteiger partial charge >= 0.3 is 11.9 Å². The predicted molar refractivity (Wildman–Crippen MR) is 77.9 cm³/mol. The van der Waals surface area contributed by atoms with Crippen LogP contribution < -0.4 is 15.0 Å². The quantitative estimate of drug-likeness (QED) is 0.619. The first-order valence-corrected chi connectivity index (χ1v) is 6.55. The van der Waals surface area contributed by atoms with Gasteiger partial charge in [-0.1, -0.05) is 6.07 Å². The van der Waals surface area contributed by atoms with Crippen LogP contribution in [0.15, 0.2) is 18.2 Å². The van der Waals surface area contributed by atoms with Crippen LogP contribution >= 0.6 is 0 Å². The zero-order chi connectivity index (χ0) is 15.8.